The van der Waals surface area contributed by atoms with Crippen molar-refractivity contribution in [1.82, 2.24) is 10.2 Å². The lowest BCUT2D eigenvalue weighted by Crippen LogP contribution is -2.45. The highest BCUT2D eigenvalue weighted by atomic mass is 16.5. The number of amides is 1. The highest BCUT2D eigenvalue weighted by Crippen LogP contribution is 2.34. The van der Waals surface area contributed by atoms with Crippen LogP contribution >= 0.6 is 0 Å². The Morgan fingerprint density at radius 3 is 2.83 bits per heavy atom. The standard InChI is InChI=1S/C18H23N3O3/c1-23-16-6-5-12(9-17(16)24-2)13-8-15(20-11-13)18(22)21-7-3-4-14(21)10-19/h5-6,9,13-15,20H,3-4,7-8,11H2,1-2H3/t13-,14-,15-/m0/s1. The van der Waals surface area contributed by atoms with Crippen LogP contribution < -0.4 is 14.8 Å². The number of nitrogens with one attached hydrogen (secondary N) is 1. The molecule has 6 heteroatoms. The number of nitrogens with zero attached hydrogens (tertiary/aromatic N) is 2. The molecule has 128 valence electrons. The maximum absolute atomic E-state index is 12.7. The molecule has 0 aromatic heterocycles. The van der Waals surface area contributed by atoms with Gasteiger partial charge in [-0.3, -0.25) is 4.79 Å². The molecule has 1 aromatic carbocycles. The zero-order valence-electron chi connectivity index (χ0n) is 14.1. The maximum atomic E-state index is 12.7. The van der Waals surface area contributed by atoms with Crippen molar-refractivity contribution in [2.24, 2.45) is 0 Å². The first-order chi connectivity index (χ1) is 11.7. The van der Waals surface area contributed by atoms with E-state index in [1.54, 1.807) is 19.1 Å². The van der Waals surface area contributed by atoms with Gasteiger partial charge < -0.3 is 19.7 Å². The van der Waals surface area contributed by atoms with Gasteiger partial charge in [0.1, 0.15) is 6.04 Å². The first kappa shape index (κ1) is 16.6. The monoisotopic (exact) mass is 329 g/mol. The molecule has 24 heavy (non-hydrogen) atoms. The van der Waals surface area contributed by atoms with Gasteiger partial charge in [-0.2, -0.15) is 5.26 Å². The number of methoxy groups -OCH3 is 2. The third-order valence-electron chi connectivity index (χ3n) is 4.99. The summed E-state index contributed by atoms with van der Waals surface area (Å²) in [6, 6.07) is 7.66. The molecule has 1 aromatic rings. The normalized spacial score (nSPS) is 26.2. The minimum Gasteiger partial charge on any atom is -0.493 e. The fraction of sp³-hybridized carbons (Fsp3) is 0.556. The van der Waals surface area contributed by atoms with Crippen molar-refractivity contribution in [3.8, 4) is 17.6 Å². The first-order valence-corrected chi connectivity index (χ1v) is 8.33. The van der Waals surface area contributed by atoms with Gasteiger partial charge >= 0.3 is 0 Å². The molecule has 1 N–H and O–H groups in total. The summed E-state index contributed by atoms with van der Waals surface area (Å²) >= 11 is 0. The largest absolute Gasteiger partial charge is 0.493 e. The molecule has 0 bridgehead atoms. The summed E-state index contributed by atoms with van der Waals surface area (Å²) in [6.45, 7) is 1.44. The van der Waals surface area contributed by atoms with E-state index in [9.17, 15) is 10.1 Å². The number of rotatable bonds is 4. The van der Waals surface area contributed by atoms with E-state index in [1.165, 1.54) is 0 Å². The molecular formula is C18H23N3O3. The zero-order chi connectivity index (χ0) is 17.1. The van der Waals surface area contributed by atoms with Crippen LogP contribution in [0, 0.1) is 11.3 Å². The minimum atomic E-state index is -0.264. The Labute approximate surface area is 142 Å². The molecule has 0 saturated carbocycles. The Bertz CT molecular complexity index is 655. The summed E-state index contributed by atoms with van der Waals surface area (Å²) < 4.78 is 10.6. The van der Waals surface area contributed by atoms with Gasteiger partial charge in [0, 0.05) is 13.1 Å². The average Bonchev–Trinajstić information content (AvgIpc) is 3.29. The molecule has 0 spiro atoms. The fourth-order valence-electron chi connectivity index (χ4n) is 3.65. The molecule has 1 amide bonds. The minimum absolute atomic E-state index is 0.0574. The highest BCUT2D eigenvalue weighted by Gasteiger charge is 2.37. The molecule has 2 heterocycles. The quantitative estimate of drug-likeness (QED) is 0.909. The van der Waals surface area contributed by atoms with Gasteiger partial charge in [0.15, 0.2) is 11.5 Å². The molecule has 3 atom stereocenters. The van der Waals surface area contributed by atoms with Crippen LogP contribution in [0.25, 0.3) is 0 Å². The van der Waals surface area contributed by atoms with Gasteiger partial charge in [0.05, 0.1) is 26.3 Å². The van der Waals surface area contributed by atoms with Crippen LogP contribution in [0.4, 0.5) is 0 Å². The van der Waals surface area contributed by atoms with Crippen molar-refractivity contribution in [1.29, 1.82) is 5.26 Å². The lowest BCUT2D eigenvalue weighted by atomic mass is 9.95. The van der Waals surface area contributed by atoms with E-state index in [0.717, 1.165) is 31.4 Å². The molecule has 0 aliphatic carbocycles. The average molecular weight is 329 g/mol. The number of hydrogen-bond donors (Lipinski definition) is 1. The van der Waals surface area contributed by atoms with Gasteiger partial charge in [-0.15, -0.1) is 0 Å². The number of nitriles is 1. The van der Waals surface area contributed by atoms with Gasteiger partial charge in [-0.1, -0.05) is 6.07 Å². The Kier molecular flexibility index (Phi) is 4.91. The second-order valence-corrected chi connectivity index (χ2v) is 6.33. The molecule has 0 unspecified atom stereocenters. The predicted octanol–water partition coefficient (Wildman–Crippen LogP) is 1.66. The Balaban J connectivity index is 1.69. The predicted molar refractivity (Wildman–Crippen MR) is 89.0 cm³/mol. The van der Waals surface area contributed by atoms with Gasteiger partial charge in [0.25, 0.3) is 0 Å². The molecule has 2 aliphatic rings. The fourth-order valence-corrected chi connectivity index (χ4v) is 3.65. The number of hydrogen-bond acceptors (Lipinski definition) is 5. The van der Waals surface area contributed by atoms with E-state index in [2.05, 4.69) is 11.4 Å². The first-order valence-electron chi connectivity index (χ1n) is 8.33. The number of benzene rings is 1. The molecular weight excluding hydrogens is 306 g/mol. The van der Waals surface area contributed by atoms with Crippen LogP contribution in [-0.2, 0) is 4.79 Å². The Morgan fingerprint density at radius 1 is 1.33 bits per heavy atom. The van der Waals surface area contributed by atoms with E-state index in [-0.39, 0.29) is 23.9 Å². The van der Waals surface area contributed by atoms with Crippen molar-refractivity contribution in [3.05, 3.63) is 23.8 Å². The second kappa shape index (κ2) is 7.10. The third-order valence-corrected chi connectivity index (χ3v) is 4.99. The third kappa shape index (κ3) is 3.04. The summed E-state index contributed by atoms with van der Waals surface area (Å²) in [7, 11) is 3.24. The smallest absolute Gasteiger partial charge is 0.240 e. The Hall–Kier alpha value is -2.26. The lowest BCUT2D eigenvalue weighted by molar-refractivity contribution is -0.133. The van der Waals surface area contributed by atoms with Gasteiger partial charge in [-0.05, 0) is 42.9 Å². The number of carbonyl (C=O) groups excluding carboxylic acids is 1. The molecule has 0 radical (unpaired) electrons. The van der Waals surface area contributed by atoms with Crippen LogP contribution in [0.5, 0.6) is 11.5 Å². The SMILES string of the molecule is COc1ccc([C@@H]2CN[C@H](C(=O)N3CCC[C@H]3C#N)C2)cc1OC. The maximum Gasteiger partial charge on any atom is 0.240 e. The number of likely N-dealkylation sites (tertiary alicyclic amines) is 1. The van der Waals surface area contributed by atoms with Crippen LogP contribution in [0.2, 0.25) is 0 Å². The topological polar surface area (TPSA) is 74.6 Å². The summed E-state index contributed by atoms with van der Waals surface area (Å²) in [6.07, 6.45) is 2.44. The molecule has 2 aliphatic heterocycles. The van der Waals surface area contributed by atoms with Crippen molar-refractivity contribution >= 4 is 5.91 Å². The van der Waals surface area contributed by atoms with Crippen LogP contribution in [-0.4, -0.2) is 50.2 Å². The highest BCUT2D eigenvalue weighted by molar-refractivity contribution is 5.83. The summed E-state index contributed by atoms with van der Waals surface area (Å²) in [5.41, 5.74) is 1.13. The van der Waals surface area contributed by atoms with Crippen LogP contribution in [0.1, 0.15) is 30.7 Å². The number of ether oxygens (including phenoxy) is 2. The van der Waals surface area contributed by atoms with Crippen molar-refractivity contribution in [3.63, 3.8) is 0 Å². The lowest BCUT2D eigenvalue weighted by Gasteiger charge is -2.23. The van der Waals surface area contributed by atoms with E-state index in [0.29, 0.717) is 18.0 Å². The van der Waals surface area contributed by atoms with Crippen LogP contribution in [0.3, 0.4) is 0 Å². The van der Waals surface area contributed by atoms with E-state index >= 15 is 0 Å². The Morgan fingerprint density at radius 2 is 2.12 bits per heavy atom. The summed E-state index contributed by atoms with van der Waals surface area (Å²) in [5.74, 6) is 1.71. The van der Waals surface area contributed by atoms with Gasteiger partial charge in [-0.25, -0.2) is 0 Å². The van der Waals surface area contributed by atoms with E-state index < -0.39 is 0 Å². The second-order valence-electron chi connectivity index (χ2n) is 6.33. The van der Waals surface area contributed by atoms with Crippen molar-refractivity contribution in [2.45, 2.75) is 37.3 Å². The molecule has 2 fully saturated rings. The van der Waals surface area contributed by atoms with Crippen molar-refractivity contribution in [2.75, 3.05) is 27.3 Å². The summed E-state index contributed by atoms with van der Waals surface area (Å²) in [4.78, 5) is 14.4. The van der Waals surface area contributed by atoms with E-state index in [1.807, 2.05) is 18.2 Å². The van der Waals surface area contributed by atoms with Crippen molar-refractivity contribution < 1.29 is 14.3 Å². The molecule has 2 saturated heterocycles. The molecule has 3 rings (SSSR count). The van der Waals surface area contributed by atoms with E-state index in [4.69, 9.17) is 9.47 Å². The van der Waals surface area contributed by atoms with Crippen LogP contribution in [0.15, 0.2) is 18.2 Å². The summed E-state index contributed by atoms with van der Waals surface area (Å²) in [5, 5.41) is 12.5. The molecule has 6 nitrogen and oxygen atoms in total. The van der Waals surface area contributed by atoms with Gasteiger partial charge in [0.2, 0.25) is 5.91 Å². The number of carbonyl (C=O) groups is 1. The zero-order valence-corrected chi connectivity index (χ0v) is 14.1.